The SMILES string of the molecule is CCOc1ccc(C(=O)c2oc3ccccc3c2NCC(=O)c2ccc(OC)c(OC)c2)cc1. The Balaban J connectivity index is 1.61. The van der Waals surface area contributed by atoms with E-state index >= 15 is 0 Å². The number of furan rings is 1. The Morgan fingerprint density at radius 2 is 1.59 bits per heavy atom. The van der Waals surface area contributed by atoms with E-state index in [-0.39, 0.29) is 23.9 Å². The molecule has 7 heteroatoms. The number of hydrogen-bond donors (Lipinski definition) is 1. The molecule has 0 fully saturated rings. The van der Waals surface area contributed by atoms with Crippen LogP contribution in [0.5, 0.6) is 17.2 Å². The highest BCUT2D eigenvalue weighted by atomic mass is 16.5. The number of ether oxygens (including phenoxy) is 3. The number of nitrogens with one attached hydrogen (secondary N) is 1. The first-order valence-electron chi connectivity index (χ1n) is 10.8. The van der Waals surface area contributed by atoms with Crippen LogP contribution in [0.4, 0.5) is 5.69 Å². The maximum Gasteiger partial charge on any atom is 0.230 e. The topological polar surface area (TPSA) is 87.0 Å². The lowest BCUT2D eigenvalue weighted by Crippen LogP contribution is -2.16. The van der Waals surface area contributed by atoms with Crippen molar-refractivity contribution in [1.82, 2.24) is 0 Å². The first-order valence-corrected chi connectivity index (χ1v) is 10.8. The van der Waals surface area contributed by atoms with E-state index in [4.69, 9.17) is 18.6 Å². The van der Waals surface area contributed by atoms with Gasteiger partial charge in [0.05, 0.1) is 33.1 Å². The van der Waals surface area contributed by atoms with Crippen LogP contribution in [0.2, 0.25) is 0 Å². The van der Waals surface area contributed by atoms with Crippen LogP contribution in [0.3, 0.4) is 0 Å². The molecule has 0 unspecified atom stereocenters. The fourth-order valence-corrected chi connectivity index (χ4v) is 3.66. The van der Waals surface area contributed by atoms with E-state index in [2.05, 4.69) is 5.32 Å². The van der Waals surface area contributed by atoms with E-state index in [1.165, 1.54) is 14.2 Å². The molecule has 0 saturated heterocycles. The van der Waals surface area contributed by atoms with E-state index in [0.29, 0.717) is 46.3 Å². The highest BCUT2D eigenvalue weighted by Gasteiger charge is 2.23. The number of benzene rings is 3. The predicted octanol–water partition coefficient (Wildman–Crippen LogP) is 5.37. The van der Waals surface area contributed by atoms with Crippen LogP contribution < -0.4 is 19.5 Å². The maximum absolute atomic E-state index is 13.3. The fraction of sp³-hybridized carbons (Fsp3) is 0.185. The molecule has 174 valence electrons. The van der Waals surface area contributed by atoms with Gasteiger partial charge in [-0.15, -0.1) is 0 Å². The molecule has 7 nitrogen and oxygen atoms in total. The third-order valence-corrected chi connectivity index (χ3v) is 5.36. The maximum atomic E-state index is 13.3. The number of rotatable bonds is 10. The third kappa shape index (κ3) is 4.59. The smallest absolute Gasteiger partial charge is 0.230 e. The Hall–Kier alpha value is -4.26. The number of Topliss-reactive ketones (excluding diaryl/α,β-unsaturated/α-hetero) is 1. The molecule has 3 aromatic carbocycles. The van der Waals surface area contributed by atoms with Crippen molar-refractivity contribution in [3.05, 3.63) is 83.6 Å². The molecule has 0 atom stereocenters. The number of fused-ring (bicyclic) bond motifs is 1. The summed E-state index contributed by atoms with van der Waals surface area (Å²) in [5.41, 5.74) is 1.94. The second-order valence-corrected chi connectivity index (χ2v) is 7.44. The summed E-state index contributed by atoms with van der Waals surface area (Å²) in [5, 5.41) is 3.84. The molecule has 0 radical (unpaired) electrons. The van der Waals surface area contributed by atoms with E-state index in [0.717, 1.165) is 5.39 Å². The molecule has 0 aliphatic carbocycles. The van der Waals surface area contributed by atoms with Crippen molar-refractivity contribution in [2.75, 3.05) is 32.7 Å². The molecular weight excluding hydrogens is 434 g/mol. The van der Waals surface area contributed by atoms with Gasteiger partial charge in [-0.25, -0.2) is 0 Å². The summed E-state index contributed by atoms with van der Waals surface area (Å²) >= 11 is 0. The average Bonchev–Trinajstić information content (AvgIpc) is 3.25. The van der Waals surface area contributed by atoms with Crippen LogP contribution in [0.15, 0.2) is 71.1 Å². The summed E-state index contributed by atoms with van der Waals surface area (Å²) in [5.74, 6) is 1.36. The first-order chi connectivity index (χ1) is 16.5. The van der Waals surface area contributed by atoms with E-state index < -0.39 is 0 Å². The quantitative estimate of drug-likeness (QED) is 0.319. The summed E-state index contributed by atoms with van der Waals surface area (Å²) in [4.78, 5) is 26.2. The number of anilines is 1. The summed E-state index contributed by atoms with van der Waals surface area (Å²) in [6.45, 7) is 2.40. The van der Waals surface area contributed by atoms with Crippen molar-refractivity contribution in [3.63, 3.8) is 0 Å². The van der Waals surface area contributed by atoms with Gasteiger partial charge < -0.3 is 23.9 Å². The molecule has 1 heterocycles. The molecule has 34 heavy (non-hydrogen) atoms. The lowest BCUT2D eigenvalue weighted by molar-refractivity contribution is 0.0997. The number of carbonyl (C=O) groups excluding carboxylic acids is 2. The van der Waals surface area contributed by atoms with Crippen LogP contribution in [-0.2, 0) is 0 Å². The summed E-state index contributed by atoms with van der Waals surface area (Å²) < 4.78 is 21.9. The van der Waals surface area contributed by atoms with E-state index in [1.807, 2.05) is 25.1 Å². The van der Waals surface area contributed by atoms with Gasteiger partial charge in [-0.3, -0.25) is 9.59 Å². The zero-order valence-electron chi connectivity index (χ0n) is 19.2. The highest BCUT2D eigenvalue weighted by Crippen LogP contribution is 2.33. The molecule has 0 aliphatic heterocycles. The van der Waals surface area contributed by atoms with Gasteiger partial charge in [0, 0.05) is 16.5 Å². The molecular formula is C27H25NO6. The minimum Gasteiger partial charge on any atom is -0.494 e. The largest absolute Gasteiger partial charge is 0.494 e. The van der Waals surface area contributed by atoms with Gasteiger partial charge in [0.2, 0.25) is 5.78 Å². The molecule has 1 N–H and O–H groups in total. The second-order valence-electron chi connectivity index (χ2n) is 7.44. The molecule has 0 bridgehead atoms. The number of carbonyl (C=O) groups is 2. The van der Waals surface area contributed by atoms with Crippen molar-refractivity contribution < 1.29 is 28.2 Å². The average molecular weight is 459 g/mol. The van der Waals surface area contributed by atoms with Gasteiger partial charge in [-0.05, 0) is 61.5 Å². The van der Waals surface area contributed by atoms with Crippen LogP contribution in [0.1, 0.15) is 33.4 Å². The minimum atomic E-state index is -0.291. The van der Waals surface area contributed by atoms with Gasteiger partial charge >= 0.3 is 0 Å². The lowest BCUT2D eigenvalue weighted by atomic mass is 10.1. The Kier molecular flexibility index (Phi) is 6.82. The van der Waals surface area contributed by atoms with Crippen molar-refractivity contribution >= 4 is 28.2 Å². The normalized spacial score (nSPS) is 10.7. The summed E-state index contributed by atoms with van der Waals surface area (Å²) in [6, 6.07) is 19.2. The van der Waals surface area contributed by atoms with Crippen LogP contribution >= 0.6 is 0 Å². The van der Waals surface area contributed by atoms with E-state index in [9.17, 15) is 9.59 Å². The van der Waals surface area contributed by atoms with Crippen LogP contribution in [0.25, 0.3) is 11.0 Å². The standard InChI is InChI=1S/C27H25NO6/c1-4-33-19-12-9-17(10-13-19)26(30)27-25(20-7-5-6-8-22(20)34-27)28-16-21(29)18-11-14-23(31-2)24(15-18)32-3/h5-15,28H,4,16H2,1-3H3. The van der Waals surface area contributed by atoms with Crippen LogP contribution in [-0.4, -0.2) is 38.9 Å². The van der Waals surface area contributed by atoms with Gasteiger partial charge in [0.1, 0.15) is 11.3 Å². The van der Waals surface area contributed by atoms with Crippen molar-refractivity contribution in [2.24, 2.45) is 0 Å². The second kappa shape index (κ2) is 10.1. The Morgan fingerprint density at radius 3 is 2.29 bits per heavy atom. The van der Waals surface area contributed by atoms with Gasteiger partial charge in [-0.2, -0.15) is 0 Å². The fourth-order valence-electron chi connectivity index (χ4n) is 3.66. The monoisotopic (exact) mass is 459 g/mol. The zero-order chi connectivity index (χ0) is 24.1. The predicted molar refractivity (Wildman–Crippen MR) is 130 cm³/mol. The van der Waals surface area contributed by atoms with Crippen molar-refractivity contribution in [1.29, 1.82) is 0 Å². The molecule has 4 rings (SSSR count). The number of ketones is 2. The molecule has 0 spiro atoms. The summed E-state index contributed by atoms with van der Waals surface area (Å²) in [6.07, 6.45) is 0. The first kappa shape index (κ1) is 22.9. The molecule has 0 aliphatic rings. The molecule has 0 saturated carbocycles. The Morgan fingerprint density at radius 1 is 0.882 bits per heavy atom. The van der Waals surface area contributed by atoms with Gasteiger partial charge in [-0.1, -0.05) is 12.1 Å². The zero-order valence-corrected chi connectivity index (χ0v) is 19.2. The number of para-hydroxylation sites is 1. The van der Waals surface area contributed by atoms with Gasteiger partial charge in [0.25, 0.3) is 0 Å². The third-order valence-electron chi connectivity index (χ3n) is 5.36. The minimum absolute atomic E-state index is 0.0391. The molecule has 0 amide bonds. The van der Waals surface area contributed by atoms with Gasteiger partial charge in [0.15, 0.2) is 23.0 Å². The van der Waals surface area contributed by atoms with Crippen molar-refractivity contribution in [3.8, 4) is 17.2 Å². The van der Waals surface area contributed by atoms with Crippen molar-refractivity contribution in [2.45, 2.75) is 6.92 Å². The molecule has 4 aromatic rings. The molecule has 1 aromatic heterocycles. The van der Waals surface area contributed by atoms with E-state index in [1.54, 1.807) is 48.5 Å². The highest BCUT2D eigenvalue weighted by molar-refractivity contribution is 6.15. The number of methoxy groups -OCH3 is 2. The summed E-state index contributed by atoms with van der Waals surface area (Å²) in [7, 11) is 3.05. The Bertz CT molecular complexity index is 1320. The number of hydrogen-bond acceptors (Lipinski definition) is 7. The van der Waals surface area contributed by atoms with Crippen LogP contribution in [0, 0.1) is 0 Å². The lowest BCUT2D eigenvalue weighted by Gasteiger charge is -2.10. The Labute approximate surface area is 197 Å².